The van der Waals surface area contributed by atoms with Crippen molar-refractivity contribution in [2.75, 3.05) is 52.6 Å². The molecule has 2 heterocycles. The van der Waals surface area contributed by atoms with Crippen LogP contribution in [0, 0.1) is 5.92 Å². The first-order chi connectivity index (χ1) is 18.3. The van der Waals surface area contributed by atoms with Crippen molar-refractivity contribution >= 4 is 23.5 Å². The Morgan fingerprint density at radius 2 is 1.58 bits per heavy atom. The van der Waals surface area contributed by atoms with Crippen LogP contribution >= 0.6 is 0 Å². The Hall–Kier alpha value is -4.03. The highest BCUT2D eigenvalue weighted by molar-refractivity contribution is 6.27. The Balaban J connectivity index is 0.000000599. The summed E-state index contributed by atoms with van der Waals surface area (Å²) in [6.45, 7) is 3.60. The number of nitrogens with zero attached hydrogens (tertiary/aromatic N) is 1. The van der Waals surface area contributed by atoms with Crippen molar-refractivity contribution in [1.29, 1.82) is 0 Å². The van der Waals surface area contributed by atoms with Crippen molar-refractivity contribution < 1.29 is 48.3 Å². The SMILES string of the molecule is COc1cc(COCC2CCN(CC(=O)Nc3ccc4c(c3)OCO4)CC2)cc(OC)c1.O=C(O)C(=O)O. The summed E-state index contributed by atoms with van der Waals surface area (Å²) in [5.74, 6) is -0.286. The van der Waals surface area contributed by atoms with E-state index in [1.165, 1.54) is 0 Å². The van der Waals surface area contributed by atoms with E-state index in [1.807, 2.05) is 30.3 Å². The number of aliphatic carboxylic acids is 2. The Bertz CT molecular complexity index is 1080. The molecule has 0 aliphatic carbocycles. The molecule has 38 heavy (non-hydrogen) atoms. The van der Waals surface area contributed by atoms with E-state index in [1.54, 1.807) is 20.3 Å². The minimum atomic E-state index is -1.82. The van der Waals surface area contributed by atoms with Gasteiger partial charge in [0, 0.05) is 24.4 Å². The molecule has 2 aromatic carbocycles. The molecule has 12 nitrogen and oxygen atoms in total. The highest BCUT2D eigenvalue weighted by Gasteiger charge is 2.22. The maximum absolute atomic E-state index is 12.4. The molecule has 0 radical (unpaired) electrons. The summed E-state index contributed by atoms with van der Waals surface area (Å²) in [7, 11) is 3.28. The van der Waals surface area contributed by atoms with E-state index >= 15 is 0 Å². The van der Waals surface area contributed by atoms with Gasteiger partial charge in [0.25, 0.3) is 0 Å². The number of likely N-dealkylation sites (tertiary alicyclic amines) is 1. The molecule has 2 aromatic rings. The van der Waals surface area contributed by atoms with Gasteiger partial charge in [-0.05, 0) is 61.7 Å². The van der Waals surface area contributed by atoms with Gasteiger partial charge >= 0.3 is 11.9 Å². The summed E-state index contributed by atoms with van der Waals surface area (Å²) < 4.78 is 27.2. The van der Waals surface area contributed by atoms with Gasteiger partial charge in [-0.1, -0.05) is 0 Å². The number of anilines is 1. The number of ether oxygens (including phenoxy) is 5. The first kappa shape index (κ1) is 28.5. The van der Waals surface area contributed by atoms with Gasteiger partial charge in [-0.25, -0.2) is 9.59 Å². The zero-order valence-electron chi connectivity index (χ0n) is 21.3. The second-order valence-corrected chi connectivity index (χ2v) is 8.68. The van der Waals surface area contributed by atoms with Crippen LogP contribution in [-0.4, -0.2) is 80.2 Å². The molecule has 0 spiro atoms. The predicted molar refractivity (Wildman–Crippen MR) is 135 cm³/mol. The molecular weight excluding hydrogens is 500 g/mol. The lowest BCUT2D eigenvalue weighted by molar-refractivity contribution is -0.159. The second kappa shape index (κ2) is 14.1. The largest absolute Gasteiger partial charge is 0.497 e. The van der Waals surface area contributed by atoms with Gasteiger partial charge < -0.3 is 39.2 Å². The van der Waals surface area contributed by atoms with Crippen LogP contribution in [0.15, 0.2) is 36.4 Å². The number of rotatable bonds is 9. The summed E-state index contributed by atoms with van der Waals surface area (Å²) in [4.78, 5) is 32.8. The minimum Gasteiger partial charge on any atom is -0.497 e. The van der Waals surface area contributed by atoms with Crippen molar-refractivity contribution in [1.82, 2.24) is 4.90 Å². The lowest BCUT2D eigenvalue weighted by atomic mass is 9.98. The highest BCUT2D eigenvalue weighted by atomic mass is 16.7. The average molecular weight is 533 g/mol. The van der Waals surface area contributed by atoms with Gasteiger partial charge in [-0.2, -0.15) is 0 Å². The lowest BCUT2D eigenvalue weighted by Crippen LogP contribution is -2.40. The van der Waals surface area contributed by atoms with Crippen LogP contribution < -0.4 is 24.3 Å². The molecule has 1 amide bonds. The Morgan fingerprint density at radius 1 is 0.947 bits per heavy atom. The van der Waals surface area contributed by atoms with E-state index in [9.17, 15) is 4.79 Å². The maximum atomic E-state index is 12.4. The number of methoxy groups -OCH3 is 2. The molecule has 206 valence electrons. The van der Waals surface area contributed by atoms with E-state index in [0.717, 1.165) is 48.7 Å². The van der Waals surface area contributed by atoms with Gasteiger partial charge in [-0.3, -0.25) is 9.69 Å². The number of hydrogen-bond donors (Lipinski definition) is 3. The summed E-state index contributed by atoms with van der Waals surface area (Å²) in [6, 6.07) is 11.2. The average Bonchev–Trinajstić information content (AvgIpc) is 3.37. The van der Waals surface area contributed by atoms with Crippen molar-refractivity contribution in [2.45, 2.75) is 19.4 Å². The summed E-state index contributed by atoms with van der Waals surface area (Å²) in [5, 5.41) is 17.7. The van der Waals surface area contributed by atoms with Gasteiger partial charge in [-0.15, -0.1) is 0 Å². The number of hydrogen-bond acceptors (Lipinski definition) is 9. The topological polar surface area (TPSA) is 153 Å². The van der Waals surface area contributed by atoms with E-state index in [0.29, 0.717) is 37.2 Å². The molecular formula is C26H32N2O10. The molecule has 4 rings (SSSR count). The molecule has 0 aromatic heterocycles. The molecule has 12 heteroatoms. The lowest BCUT2D eigenvalue weighted by Gasteiger charge is -2.31. The third kappa shape index (κ3) is 8.82. The molecule has 1 fully saturated rings. The fourth-order valence-electron chi connectivity index (χ4n) is 3.98. The van der Waals surface area contributed by atoms with E-state index in [2.05, 4.69) is 10.2 Å². The molecule has 0 saturated carbocycles. The van der Waals surface area contributed by atoms with E-state index in [-0.39, 0.29) is 12.7 Å². The number of amides is 1. The third-order valence-corrected chi connectivity index (χ3v) is 5.95. The molecule has 2 aliphatic rings. The zero-order chi connectivity index (χ0) is 27.5. The highest BCUT2D eigenvalue weighted by Crippen LogP contribution is 2.34. The number of fused-ring (bicyclic) bond motifs is 1. The smallest absolute Gasteiger partial charge is 0.414 e. The van der Waals surface area contributed by atoms with Crippen molar-refractivity contribution in [3.8, 4) is 23.0 Å². The summed E-state index contributed by atoms with van der Waals surface area (Å²) in [5.41, 5.74) is 1.75. The number of carboxylic acid groups (broad SMARTS) is 2. The number of nitrogens with one attached hydrogen (secondary N) is 1. The molecule has 1 saturated heterocycles. The first-order valence-electron chi connectivity index (χ1n) is 11.9. The molecule has 0 atom stereocenters. The Morgan fingerprint density at radius 3 is 2.18 bits per heavy atom. The Labute approximate surface area is 220 Å². The van der Waals surface area contributed by atoms with Crippen molar-refractivity contribution in [2.24, 2.45) is 5.92 Å². The third-order valence-electron chi connectivity index (χ3n) is 5.95. The molecule has 0 bridgehead atoms. The van der Waals surface area contributed by atoms with Gasteiger partial charge in [0.1, 0.15) is 11.5 Å². The molecule has 2 aliphatic heterocycles. The van der Waals surface area contributed by atoms with Crippen LogP contribution in [0.4, 0.5) is 5.69 Å². The number of carboxylic acids is 2. The molecule has 3 N–H and O–H groups in total. The van der Waals surface area contributed by atoms with Crippen LogP contribution in [0.1, 0.15) is 18.4 Å². The van der Waals surface area contributed by atoms with E-state index < -0.39 is 11.9 Å². The van der Waals surface area contributed by atoms with Crippen LogP contribution in [-0.2, 0) is 25.7 Å². The minimum absolute atomic E-state index is 0.0227. The van der Waals surface area contributed by atoms with Gasteiger partial charge in [0.15, 0.2) is 11.5 Å². The van der Waals surface area contributed by atoms with Crippen LogP contribution in [0.5, 0.6) is 23.0 Å². The maximum Gasteiger partial charge on any atom is 0.414 e. The number of piperidine rings is 1. The van der Waals surface area contributed by atoms with Crippen LogP contribution in [0.3, 0.4) is 0 Å². The Kier molecular flexibility index (Phi) is 10.6. The van der Waals surface area contributed by atoms with E-state index in [4.69, 9.17) is 43.5 Å². The number of carbonyl (C=O) groups is 3. The zero-order valence-corrected chi connectivity index (χ0v) is 21.3. The summed E-state index contributed by atoms with van der Waals surface area (Å²) in [6.07, 6.45) is 2.03. The standard InChI is InChI=1S/C24H30N2O6.C2H2O4/c1-28-20-9-18(10-21(12-20)29-2)15-30-14-17-5-7-26(8-6-17)13-24(27)25-19-3-4-22-23(11-19)32-16-31-22;3-1(4)2(5)6/h3-4,9-12,17H,5-8,13-16H2,1-2H3,(H,25,27);(H,3,4)(H,5,6). The fraction of sp³-hybridized carbons (Fsp3) is 0.423. The first-order valence-corrected chi connectivity index (χ1v) is 11.9. The monoisotopic (exact) mass is 532 g/mol. The fourth-order valence-corrected chi connectivity index (χ4v) is 3.98. The van der Waals surface area contributed by atoms with Crippen molar-refractivity contribution in [3.05, 3.63) is 42.0 Å². The van der Waals surface area contributed by atoms with Gasteiger partial charge in [0.2, 0.25) is 12.7 Å². The number of benzene rings is 2. The van der Waals surface area contributed by atoms with Crippen molar-refractivity contribution in [3.63, 3.8) is 0 Å². The predicted octanol–water partition coefficient (Wildman–Crippen LogP) is 2.46. The molecule has 0 unspecified atom stereocenters. The van der Waals surface area contributed by atoms with Crippen LogP contribution in [0.25, 0.3) is 0 Å². The number of carbonyl (C=O) groups excluding carboxylic acids is 1. The van der Waals surface area contributed by atoms with Gasteiger partial charge in [0.05, 0.1) is 27.4 Å². The quantitative estimate of drug-likeness (QED) is 0.408. The summed E-state index contributed by atoms with van der Waals surface area (Å²) >= 11 is 0. The normalized spacial score (nSPS) is 14.7. The van der Waals surface area contributed by atoms with Crippen LogP contribution in [0.2, 0.25) is 0 Å². The second-order valence-electron chi connectivity index (χ2n) is 8.68.